The van der Waals surface area contributed by atoms with E-state index in [2.05, 4.69) is 39.5 Å². The normalized spacial score (nSPS) is 15.6. The Morgan fingerprint density at radius 2 is 1.93 bits per heavy atom. The molecule has 1 aromatic carbocycles. The van der Waals surface area contributed by atoms with Gasteiger partial charge in [-0.1, -0.05) is 30.3 Å². The SMILES string of the molecule is COc1cccn2c(C(=O)NCC(c3ccccc3)N3CCCC3)c(C)nc12. The van der Waals surface area contributed by atoms with Crippen LogP contribution in [0.4, 0.5) is 0 Å². The lowest BCUT2D eigenvalue weighted by Crippen LogP contribution is -2.37. The first kappa shape index (κ1) is 18.5. The van der Waals surface area contributed by atoms with E-state index in [1.807, 2.05) is 31.3 Å². The molecule has 1 unspecified atom stereocenters. The Morgan fingerprint density at radius 3 is 2.64 bits per heavy atom. The number of benzene rings is 1. The van der Waals surface area contributed by atoms with E-state index >= 15 is 0 Å². The van der Waals surface area contributed by atoms with E-state index in [-0.39, 0.29) is 11.9 Å². The Kier molecular flexibility index (Phi) is 5.30. The number of hydrogen-bond acceptors (Lipinski definition) is 4. The van der Waals surface area contributed by atoms with Crippen LogP contribution in [0, 0.1) is 6.92 Å². The number of nitrogens with one attached hydrogen (secondary N) is 1. The van der Waals surface area contributed by atoms with E-state index in [9.17, 15) is 4.79 Å². The second-order valence-electron chi connectivity index (χ2n) is 7.20. The standard InChI is InChI=1S/C22H26N4O2/c1-16-20(26-14-8-11-19(28-2)21(26)24-16)22(27)23-15-18(25-12-6-7-13-25)17-9-4-3-5-10-17/h3-5,8-11,14,18H,6-7,12-13,15H2,1-2H3,(H,23,27). The minimum absolute atomic E-state index is 0.113. The zero-order chi connectivity index (χ0) is 19.5. The minimum atomic E-state index is -0.113. The van der Waals surface area contributed by atoms with Gasteiger partial charge < -0.3 is 10.1 Å². The Balaban J connectivity index is 1.57. The lowest BCUT2D eigenvalue weighted by Gasteiger charge is -2.28. The van der Waals surface area contributed by atoms with Gasteiger partial charge in [0.25, 0.3) is 5.91 Å². The van der Waals surface area contributed by atoms with Crippen LogP contribution in [-0.2, 0) is 0 Å². The number of methoxy groups -OCH3 is 1. The molecule has 0 aliphatic carbocycles. The van der Waals surface area contributed by atoms with Gasteiger partial charge in [0.15, 0.2) is 11.4 Å². The van der Waals surface area contributed by atoms with Crippen molar-refractivity contribution in [2.75, 3.05) is 26.7 Å². The van der Waals surface area contributed by atoms with Gasteiger partial charge in [-0.2, -0.15) is 0 Å². The number of nitrogens with zero attached hydrogens (tertiary/aromatic N) is 3. The molecule has 0 spiro atoms. The molecule has 28 heavy (non-hydrogen) atoms. The third-order valence-electron chi connectivity index (χ3n) is 5.45. The highest BCUT2D eigenvalue weighted by Crippen LogP contribution is 2.25. The summed E-state index contributed by atoms with van der Waals surface area (Å²) >= 11 is 0. The van der Waals surface area contributed by atoms with Crippen LogP contribution in [0.5, 0.6) is 5.75 Å². The molecule has 0 bridgehead atoms. The van der Waals surface area contributed by atoms with Crippen molar-refractivity contribution in [1.82, 2.24) is 19.6 Å². The molecule has 0 saturated carbocycles. The molecule has 0 radical (unpaired) electrons. The van der Waals surface area contributed by atoms with Crippen molar-refractivity contribution in [2.24, 2.45) is 0 Å². The molecule has 1 amide bonds. The predicted octanol–water partition coefficient (Wildman–Crippen LogP) is 3.22. The summed E-state index contributed by atoms with van der Waals surface area (Å²) in [7, 11) is 1.61. The number of pyridine rings is 1. The Labute approximate surface area is 165 Å². The summed E-state index contributed by atoms with van der Waals surface area (Å²) in [6.07, 6.45) is 4.27. The second kappa shape index (κ2) is 8.02. The predicted molar refractivity (Wildman–Crippen MR) is 109 cm³/mol. The number of carbonyl (C=O) groups excluding carboxylic acids is 1. The fraction of sp³-hybridized carbons (Fsp3) is 0.364. The maximum Gasteiger partial charge on any atom is 0.270 e. The first-order valence-electron chi connectivity index (χ1n) is 9.78. The number of amides is 1. The van der Waals surface area contributed by atoms with Crippen LogP contribution < -0.4 is 10.1 Å². The molecule has 6 heteroatoms. The second-order valence-corrected chi connectivity index (χ2v) is 7.20. The maximum absolute atomic E-state index is 13.1. The maximum atomic E-state index is 13.1. The molecule has 3 aromatic rings. The van der Waals surface area contributed by atoms with Crippen molar-refractivity contribution in [2.45, 2.75) is 25.8 Å². The highest BCUT2D eigenvalue weighted by molar-refractivity contribution is 5.95. The topological polar surface area (TPSA) is 58.9 Å². The quantitative estimate of drug-likeness (QED) is 0.716. The van der Waals surface area contributed by atoms with Crippen molar-refractivity contribution in [1.29, 1.82) is 0 Å². The van der Waals surface area contributed by atoms with E-state index in [0.717, 1.165) is 13.1 Å². The largest absolute Gasteiger partial charge is 0.493 e. The molecule has 1 saturated heterocycles. The zero-order valence-corrected chi connectivity index (χ0v) is 16.4. The Morgan fingerprint density at radius 1 is 1.18 bits per heavy atom. The highest BCUT2D eigenvalue weighted by Gasteiger charge is 2.25. The molecule has 1 aliphatic rings. The zero-order valence-electron chi connectivity index (χ0n) is 16.4. The third-order valence-corrected chi connectivity index (χ3v) is 5.45. The molecular weight excluding hydrogens is 352 g/mol. The fourth-order valence-corrected chi connectivity index (χ4v) is 4.05. The molecule has 1 aliphatic heterocycles. The number of carbonyl (C=O) groups is 1. The number of aromatic nitrogens is 2. The molecule has 3 heterocycles. The van der Waals surface area contributed by atoms with Gasteiger partial charge in [0.05, 0.1) is 18.8 Å². The summed E-state index contributed by atoms with van der Waals surface area (Å²) in [4.78, 5) is 20.1. The van der Waals surface area contributed by atoms with Gasteiger partial charge in [-0.25, -0.2) is 4.98 Å². The van der Waals surface area contributed by atoms with Gasteiger partial charge in [-0.3, -0.25) is 14.1 Å². The minimum Gasteiger partial charge on any atom is -0.493 e. The fourth-order valence-electron chi connectivity index (χ4n) is 4.05. The van der Waals surface area contributed by atoms with Crippen molar-refractivity contribution < 1.29 is 9.53 Å². The summed E-state index contributed by atoms with van der Waals surface area (Å²) in [6.45, 7) is 4.57. The van der Waals surface area contributed by atoms with Gasteiger partial charge >= 0.3 is 0 Å². The van der Waals surface area contributed by atoms with E-state index in [1.54, 1.807) is 11.5 Å². The Bertz CT molecular complexity index is 961. The van der Waals surface area contributed by atoms with Gasteiger partial charge in [0.2, 0.25) is 0 Å². The van der Waals surface area contributed by atoms with Crippen LogP contribution in [0.3, 0.4) is 0 Å². The van der Waals surface area contributed by atoms with E-state index in [1.165, 1.54) is 18.4 Å². The lowest BCUT2D eigenvalue weighted by molar-refractivity contribution is 0.0931. The average Bonchev–Trinajstić information content (AvgIpc) is 3.36. The van der Waals surface area contributed by atoms with Crippen LogP contribution in [-0.4, -0.2) is 46.9 Å². The van der Waals surface area contributed by atoms with Crippen molar-refractivity contribution in [3.05, 3.63) is 65.6 Å². The van der Waals surface area contributed by atoms with Gasteiger partial charge in [0, 0.05) is 12.7 Å². The Hall–Kier alpha value is -2.86. The average molecular weight is 378 g/mol. The molecule has 1 N–H and O–H groups in total. The first-order valence-corrected chi connectivity index (χ1v) is 9.78. The van der Waals surface area contributed by atoms with Crippen LogP contribution in [0.15, 0.2) is 48.7 Å². The van der Waals surface area contributed by atoms with Gasteiger partial charge in [0.1, 0.15) is 5.69 Å². The molecule has 1 fully saturated rings. The molecule has 146 valence electrons. The van der Waals surface area contributed by atoms with E-state index < -0.39 is 0 Å². The van der Waals surface area contributed by atoms with Crippen LogP contribution >= 0.6 is 0 Å². The first-order chi connectivity index (χ1) is 13.7. The molecular formula is C22H26N4O2. The molecule has 4 rings (SSSR count). The molecule has 6 nitrogen and oxygen atoms in total. The number of aryl methyl sites for hydroxylation is 1. The summed E-state index contributed by atoms with van der Waals surface area (Å²) in [5.74, 6) is 0.544. The molecule has 2 aromatic heterocycles. The van der Waals surface area contributed by atoms with Gasteiger partial charge in [-0.15, -0.1) is 0 Å². The summed E-state index contributed by atoms with van der Waals surface area (Å²) in [6, 6.07) is 14.3. The number of imidazole rings is 1. The van der Waals surface area contributed by atoms with Gasteiger partial charge in [-0.05, 0) is 50.6 Å². The number of hydrogen-bond donors (Lipinski definition) is 1. The van der Waals surface area contributed by atoms with Crippen LogP contribution in [0.25, 0.3) is 5.65 Å². The highest BCUT2D eigenvalue weighted by atomic mass is 16.5. The van der Waals surface area contributed by atoms with Crippen molar-refractivity contribution in [3.63, 3.8) is 0 Å². The van der Waals surface area contributed by atoms with Crippen LogP contribution in [0.1, 0.15) is 40.6 Å². The molecule has 1 atom stereocenters. The number of ether oxygens (including phenoxy) is 1. The van der Waals surface area contributed by atoms with Crippen molar-refractivity contribution in [3.8, 4) is 5.75 Å². The number of rotatable bonds is 6. The number of fused-ring (bicyclic) bond motifs is 1. The van der Waals surface area contributed by atoms with E-state index in [0.29, 0.717) is 29.3 Å². The summed E-state index contributed by atoms with van der Waals surface area (Å²) < 4.78 is 7.18. The summed E-state index contributed by atoms with van der Waals surface area (Å²) in [5, 5.41) is 3.15. The lowest BCUT2D eigenvalue weighted by atomic mass is 10.1. The third kappa shape index (κ3) is 3.47. The monoisotopic (exact) mass is 378 g/mol. The van der Waals surface area contributed by atoms with Crippen molar-refractivity contribution >= 4 is 11.6 Å². The summed E-state index contributed by atoms with van der Waals surface area (Å²) in [5.41, 5.74) is 3.15. The van der Waals surface area contributed by atoms with E-state index in [4.69, 9.17) is 4.74 Å². The number of likely N-dealkylation sites (tertiary alicyclic amines) is 1. The van der Waals surface area contributed by atoms with Crippen LogP contribution in [0.2, 0.25) is 0 Å². The smallest absolute Gasteiger partial charge is 0.270 e.